The minimum atomic E-state index is -0.374. The minimum Gasteiger partial charge on any atom is -0.289 e. The van der Waals surface area contributed by atoms with Crippen molar-refractivity contribution in [1.29, 1.82) is 0 Å². The first-order valence-corrected chi connectivity index (χ1v) is 6.67. The number of benzene rings is 2. The van der Waals surface area contributed by atoms with Gasteiger partial charge in [-0.3, -0.25) is 4.79 Å². The van der Waals surface area contributed by atoms with Gasteiger partial charge >= 0.3 is 0 Å². The summed E-state index contributed by atoms with van der Waals surface area (Å²) in [6, 6.07) is 10.6. The molecule has 2 rings (SSSR count). The van der Waals surface area contributed by atoms with Gasteiger partial charge in [0, 0.05) is 5.56 Å². The summed E-state index contributed by atoms with van der Waals surface area (Å²) < 4.78 is 12.8. The van der Waals surface area contributed by atoms with E-state index >= 15 is 0 Å². The maximum absolute atomic E-state index is 12.8. The summed E-state index contributed by atoms with van der Waals surface area (Å²) in [4.78, 5) is 12.2. The van der Waals surface area contributed by atoms with Crippen molar-refractivity contribution in [3.8, 4) is 0 Å². The summed E-state index contributed by atoms with van der Waals surface area (Å²) in [5, 5.41) is 0.836. The van der Waals surface area contributed by atoms with Crippen molar-refractivity contribution in [2.45, 2.75) is 6.92 Å². The van der Waals surface area contributed by atoms with Crippen LogP contribution >= 0.6 is 23.2 Å². The highest BCUT2D eigenvalue weighted by Crippen LogP contribution is 2.27. The van der Waals surface area contributed by atoms with Gasteiger partial charge in [0.25, 0.3) is 0 Å². The van der Waals surface area contributed by atoms with Crippen LogP contribution in [0.25, 0.3) is 6.08 Å². The molecule has 0 aliphatic carbocycles. The maximum Gasteiger partial charge on any atom is 0.188 e. The molecule has 2 aromatic carbocycles. The Balaban J connectivity index is 2.32. The van der Waals surface area contributed by atoms with Gasteiger partial charge in [0.1, 0.15) is 5.82 Å². The zero-order chi connectivity index (χ0) is 14.7. The van der Waals surface area contributed by atoms with E-state index in [0.717, 1.165) is 0 Å². The minimum absolute atomic E-state index is 0.180. The normalized spacial score (nSPS) is 11.5. The van der Waals surface area contributed by atoms with E-state index in [0.29, 0.717) is 26.7 Å². The van der Waals surface area contributed by atoms with Crippen LogP contribution in [-0.2, 0) is 0 Å². The van der Waals surface area contributed by atoms with Gasteiger partial charge in [0.2, 0.25) is 0 Å². The Morgan fingerprint density at radius 3 is 2.40 bits per heavy atom. The van der Waals surface area contributed by atoms with E-state index in [-0.39, 0.29) is 11.6 Å². The van der Waals surface area contributed by atoms with Gasteiger partial charge in [-0.1, -0.05) is 35.3 Å². The second-order valence-electron chi connectivity index (χ2n) is 4.31. The number of rotatable bonds is 3. The van der Waals surface area contributed by atoms with E-state index in [1.54, 1.807) is 31.2 Å². The van der Waals surface area contributed by atoms with Crippen LogP contribution in [0.4, 0.5) is 4.39 Å². The summed E-state index contributed by atoms with van der Waals surface area (Å²) in [6.07, 6.45) is 1.67. The van der Waals surface area contributed by atoms with Crippen molar-refractivity contribution < 1.29 is 9.18 Å². The Bertz CT molecular complexity index is 675. The molecule has 0 bridgehead atoms. The van der Waals surface area contributed by atoms with Crippen LogP contribution in [0.2, 0.25) is 10.0 Å². The van der Waals surface area contributed by atoms with Crippen LogP contribution in [0, 0.1) is 5.82 Å². The molecule has 20 heavy (non-hydrogen) atoms. The standard InChI is InChI=1S/C16H11Cl2FO/c1-10(9-12-3-2-4-14(17)15(12)18)16(20)11-5-7-13(19)8-6-11/h2-9H,1H3/b10-9+. The molecule has 0 radical (unpaired) electrons. The molecule has 0 atom stereocenters. The third-order valence-corrected chi connectivity index (χ3v) is 3.65. The smallest absolute Gasteiger partial charge is 0.188 e. The Hall–Kier alpha value is -1.64. The molecule has 0 saturated carbocycles. The average Bonchev–Trinajstić information content (AvgIpc) is 2.44. The second-order valence-corrected chi connectivity index (χ2v) is 5.09. The van der Waals surface area contributed by atoms with Crippen LogP contribution in [0.1, 0.15) is 22.8 Å². The van der Waals surface area contributed by atoms with Crippen molar-refractivity contribution in [3.05, 3.63) is 75.0 Å². The fourth-order valence-electron chi connectivity index (χ4n) is 1.76. The topological polar surface area (TPSA) is 17.1 Å². The molecule has 0 spiro atoms. The molecule has 0 aliphatic heterocycles. The molecule has 0 aromatic heterocycles. The lowest BCUT2D eigenvalue weighted by Gasteiger charge is -2.04. The molecular formula is C16H11Cl2FO. The highest BCUT2D eigenvalue weighted by atomic mass is 35.5. The number of hydrogen-bond donors (Lipinski definition) is 0. The van der Waals surface area contributed by atoms with E-state index in [4.69, 9.17) is 23.2 Å². The Morgan fingerprint density at radius 1 is 1.10 bits per heavy atom. The highest BCUT2D eigenvalue weighted by molar-refractivity contribution is 6.43. The molecule has 0 unspecified atom stereocenters. The van der Waals surface area contributed by atoms with E-state index in [2.05, 4.69) is 0 Å². The lowest BCUT2D eigenvalue weighted by Crippen LogP contribution is -2.00. The zero-order valence-electron chi connectivity index (χ0n) is 10.7. The number of carbonyl (C=O) groups is 1. The van der Waals surface area contributed by atoms with Crippen LogP contribution in [0.5, 0.6) is 0 Å². The summed E-state index contributed by atoms with van der Waals surface area (Å²) in [5.74, 6) is -0.554. The van der Waals surface area contributed by atoms with E-state index in [9.17, 15) is 9.18 Å². The van der Waals surface area contributed by atoms with Crippen LogP contribution in [0.15, 0.2) is 48.0 Å². The molecular weight excluding hydrogens is 298 g/mol. The molecule has 0 heterocycles. The quantitative estimate of drug-likeness (QED) is 0.546. The summed E-state index contributed by atoms with van der Waals surface area (Å²) in [6.45, 7) is 1.68. The monoisotopic (exact) mass is 308 g/mol. The van der Waals surface area contributed by atoms with Crippen molar-refractivity contribution in [3.63, 3.8) is 0 Å². The molecule has 2 aromatic rings. The van der Waals surface area contributed by atoms with Gasteiger partial charge in [-0.25, -0.2) is 4.39 Å². The molecule has 4 heteroatoms. The van der Waals surface area contributed by atoms with Crippen LogP contribution in [-0.4, -0.2) is 5.78 Å². The molecule has 0 N–H and O–H groups in total. The van der Waals surface area contributed by atoms with Crippen molar-refractivity contribution in [2.24, 2.45) is 0 Å². The Kier molecular flexibility index (Phi) is 4.58. The van der Waals surface area contributed by atoms with Gasteiger partial charge in [-0.05, 0) is 54.5 Å². The lowest BCUT2D eigenvalue weighted by molar-refractivity contribution is 0.103. The fraction of sp³-hybridized carbons (Fsp3) is 0.0625. The largest absolute Gasteiger partial charge is 0.289 e. The number of allylic oxidation sites excluding steroid dienone is 1. The van der Waals surface area contributed by atoms with Gasteiger partial charge in [0.05, 0.1) is 10.0 Å². The van der Waals surface area contributed by atoms with Crippen molar-refractivity contribution >= 4 is 35.1 Å². The first-order chi connectivity index (χ1) is 9.49. The first kappa shape index (κ1) is 14.8. The average molecular weight is 309 g/mol. The predicted octanol–water partition coefficient (Wildman–Crippen LogP) is 5.42. The predicted molar refractivity (Wildman–Crippen MR) is 80.8 cm³/mol. The number of ketones is 1. The van der Waals surface area contributed by atoms with Gasteiger partial charge in [-0.15, -0.1) is 0 Å². The molecule has 102 valence electrons. The molecule has 1 nitrogen and oxygen atoms in total. The fourth-order valence-corrected chi connectivity index (χ4v) is 2.12. The van der Waals surface area contributed by atoms with Crippen molar-refractivity contribution in [2.75, 3.05) is 0 Å². The maximum atomic E-state index is 12.8. The third-order valence-electron chi connectivity index (χ3n) is 2.82. The lowest BCUT2D eigenvalue weighted by atomic mass is 10.0. The molecule has 0 fully saturated rings. The molecule has 0 saturated heterocycles. The first-order valence-electron chi connectivity index (χ1n) is 5.91. The summed E-state index contributed by atoms with van der Waals surface area (Å²) in [7, 11) is 0. The van der Waals surface area contributed by atoms with Crippen LogP contribution in [0.3, 0.4) is 0 Å². The zero-order valence-corrected chi connectivity index (χ0v) is 12.2. The number of Topliss-reactive ketones (excluding diaryl/α,β-unsaturated/α-hetero) is 1. The van der Waals surface area contributed by atoms with E-state index in [1.165, 1.54) is 24.3 Å². The van der Waals surface area contributed by atoms with E-state index < -0.39 is 0 Å². The molecule has 0 aliphatic rings. The second kappa shape index (κ2) is 6.21. The summed E-state index contributed by atoms with van der Waals surface area (Å²) in [5.41, 5.74) is 1.60. The number of halogens is 3. The number of hydrogen-bond acceptors (Lipinski definition) is 1. The highest BCUT2D eigenvalue weighted by Gasteiger charge is 2.10. The Labute approximate surface area is 126 Å². The summed E-state index contributed by atoms with van der Waals surface area (Å²) >= 11 is 12.0. The SMILES string of the molecule is C/C(=C\c1cccc(Cl)c1Cl)C(=O)c1ccc(F)cc1. The van der Waals surface area contributed by atoms with E-state index in [1.807, 2.05) is 0 Å². The van der Waals surface area contributed by atoms with Gasteiger partial charge in [-0.2, -0.15) is 0 Å². The van der Waals surface area contributed by atoms with Gasteiger partial charge < -0.3 is 0 Å². The van der Waals surface area contributed by atoms with Crippen molar-refractivity contribution in [1.82, 2.24) is 0 Å². The number of carbonyl (C=O) groups excluding carboxylic acids is 1. The van der Waals surface area contributed by atoms with Gasteiger partial charge in [0.15, 0.2) is 5.78 Å². The Morgan fingerprint density at radius 2 is 1.75 bits per heavy atom. The van der Waals surface area contributed by atoms with Crippen LogP contribution < -0.4 is 0 Å². The molecule has 0 amide bonds. The third kappa shape index (κ3) is 3.27.